The van der Waals surface area contributed by atoms with E-state index >= 15 is 0 Å². The summed E-state index contributed by atoms with van der Waals surface area (Å²) >= 11 is 0. The van der Waals surface area contributed by atoms with E-state index in [4.69, 9.17) is 4.74 Å². The number of likely N-dealkylation sites (tertiary alicyclic amines) is 1. The minimum atomic E-state index is 0.341. The summed E-state index contributed by atoms with van der Waals surface area (Å²) in [6.45, 7) is 11.0. The Morgan fingerprint density at radius 2 is 1.78 bits per heavy atom. The summed E-state index contributed by atoms with van der Waals surface area (Å²) in [6.07, 6.45) is 2.51. The normalized spacial score (nSPS) is 26.3. The first kappa shape index (κ1) is 14.3. The summed E-state index contributed by atoms with van der Waals surface area (Å²) < 4.78 is 5.38. The van der Waals surface area contributed by atoms with E-state index in [9.17, 15) is 5.11 Å². The molecule has 0 amide bonds. The SMILES string of the molecule is CCN1CCC(C(CO)CN2CCOCC2)CC1. The summed E-state index contributed by atoms with van der Waals surface area (Å²) in [5.41, 5.74) is 0. The van der Waals surface area contributed by atoms with Crippen LogP contribution in [0.5, 0.6) is 0 Å². The van der Waals surface area contributed by atoms with Crippen LogP contribution in [0.1, 0.15) is 19.8 Å². The van der Waals surface area contributed by atoms with Gasteiger partial charge in [-0.1, -0.05) is 6.92 Å². The maximum atomic E-state index is 9.66. The van der Waals surface area contributed by atoms with Crippen molar-refractivity contribution in [3.8, 4) is 0 Å². The number of piperidine rings is 1. The van der Waals surface area contributed by atoms with Crippen molar-refractivity contribution in [2.75, 3.05) is 59.1 Å². The molecule has 18 heavy (non-hydrogen) atoms. The van der Waals surface area contributed by atoms with E-state index in [0.29, 0.717) is 18.4 Å². The molecule has 1 atom stereocenters. The van der Waals surface area contributed by atoms with Crippen LogP contribution in [0.4, 0.5) is 0 Å². The smallest absolute Gasteiger partial charge is 0.0594 e. The zero-order valence-electron chi connectivity index (χ0n) is 11.7. The molecule has 106 valence electrons. The van der Waals surface area contributed by atoms with Crippen LogP contribution < -0.4 is 0 Å². The van der Waals surface area contributed by atoms with E-state index in [2.05, 4.69) is 16.7 Å². The molecule has 2 rings (SSSR count). The van der Waals surface area contributed by atoms with Gasteiger partial charge in [-0.3, -0.25) is 4.90 Å². The number of hydrogen-bond donors (Lipinski definition) is 1. The van der Waals surface area contributed by atoms with Crippen molar-refractivity contribution in [1.82, 2.24) is 9.80 Å². The monoisotopic (exact) mass is 256 g/mol. The molecular formula is C14H28N2O2. The van der Waals surface area contributed by atoms with Crippen molar-refractivity contribution in [3.05, 3.63) is 0 Å². The van der Waals surface area contributed by atoms with Gasteiger partial charge in [-0.2, -0.15) is 0 Å². The van der Waals surface area contributed by atoms with E-state index in [1.54, 1.807) is 0 Å². The Balaban J connectivity index is 1.77. The standard InChI is InChI=1S/C14H28N2O2/c1-2-15-5-3-13(4-6-15)14(12-17)11-16-7-9-18-10-8-16/h13-14,17H,2-12H2,1H3. The predicted molar refractivity (Wildman–Crippen MR) is 72.7 cm³/mol. The number of hydrogen-bond acceptors (Lipinski definition) is 4. The molecular weight excluding hydrogens is 228 g/mol. The molecule has 0 radical (unpaired) electrons. The van der Waals surface area contributed by atoms with Gasteiger partial charge in [-0.05, 0) is 44.3 Å². The van der Waals surface area contributed by atoms with Crippen LogP contribution >= 0.6 is 0 Å². The minimum Gasteiger partial charge on any atom is -0.396 e. The third-order valence-corrected chi connectivity index (χ3v) is 4.58. The largest absolute Gasteiger partial charge is 0.396 e. The van der Waals surface area contributed by atoms with E-state index in [1.807, 2.05) is 0 Å². The maximum absolute atomic E-state index is 9.66. The number of nitrogens with zero attached hydrogens (tertiary/aromatic N) is 2. The lowest BCUT2D eigenvalue weighted by Crippen LogP contribution is -2.44. The number of aliphatic hydroxyl groups is 1. The lowest BCUT2D eigenvalue weighted by molar-refractivity contribution is 0.0117. The van der Waals surface area contributed by atoms with Gasteiger partial charge in [-0.25, -0.2) is 0 Å². The average molecular weight is 256 g/mol. The molecule has 0 saturated carbocycles. The first-order chi connectivity index (χ1) is 8.83. The first-order valence-corrected chi connectivity index (χ1v) is 7.46. The molecule has 4 nitrogen and oxygen atoms in total. The molecule has 0 bridgehead atoms. The molecule has 2 saturated heterocycles. The molecule has 0 spiro atoms. The molecule has 1 N–H and O–H groups in total. The van der Waals surface area contributed by atoms with Gasteiger partial charge in [0.1, 0.15) is 0 Å². The van der Waals surface area contributed by atoms with Crippen LogP contribution in [-0.2, 0) is 4.74 Å². The highest BCUT2D eigenvalue weighted by Crippen LogP contribution is 2.25. The predicted octanol–water partition coefficient (Wildman–Crippen LogP) is 0.659. The second kappa shape index (κ2) is 7.43. The Kier molecular flexibility index (Phi) is 5.89. The van der Waals surface area contributed by atoms with Gasteiger partial charge in [0.2, 0.25) is 0 Å². The highest BCUT2D eigenvalue weighted by Gasteiger charge is 2.27. The van der Waals surface area contributed by atoms with Gasteiger partial charge < -0.3 is 14.7 Å². The molecule has 0 aliphatic carbocycles. The summed E-state index contributed by atoms with van der Waals surface area (Å²) in [5.74, 6) is 1.17. The van der Waals surface area contributed by atoms with Crippen molar-refractivity contribution < 1.29 is 9.84 Å². The van der Waals surface area contributed by atoms with Gasteiger partial charge in [0.05, 0.1) is 13.2 Å². The molecule has 4 heteroatoms. The van der Waals surface area contributed by atoms with Gasteiger partial charge >= 0.3 is 0 Å². The quantitative estimate of drug-likeness (QED) is 0.784. The fourth-order valence-electron chi connectivity index (χ4n) is 3.21. The van der Waals surface area contributed by atoms with E-state index < -0.39 is 0 Å². The lowest BCUT2D eigenvalue weighted by Gasteiger charge is -2.38. The number of rotatable bonds is 5. The molecule has 0 aromatic heterocycles. The Bertz CT molecular complexity index is 224. The summed E-state index contributed by atoms with van der Waals surface area (Å²) in [6, 6.07) is 0. The van der Waals surface area contributed by atoms with Crippen molar-refractivity contribution in [1.29, 1.82) is 0 Å². The molecule has 0 aromatic rings. The van der Waals surface area contributed by atoms with Gasteiger partial charge in [0.15, 0.2) is 0 Å². The average Bonchev–Trinajstić information content (AvgIpc) is 2.46. The van der Waals surface area contributed by atoms with Gasteiger partial charge in [-0.15, -0.1) is 0 Å². The van der Waals surface area contributed by atoms with Crippen LogP contribution in [0.25, 0.3) is 0 Å². The zero-order chi connectivity index (χ0) is 12.8. The number of morpholine rings is 1. The van der Waals surface area contributed by atoms with Crippen LogP contribution in [0.2, 0.25) is 0 Å². The van der Waals surface area contributed by atoms with Crippen molar-refractivity contribution in [2.24, 2.45) is 11.8 Å². The first-order valence-electron chi connectivity index (χ1n) is 7.46. The number of aliphatic hydroxyl groups excluding tert-OH is 1. The fourth-order valence-corrected chi connectivity index (χ4v) is 3.21. The Labute approximate surface area is 111 Å². The summed E-state index contributed by atoms with van der Waals surface area (Å²) in [4.78, 5) is 4.97. The minimum absolute atomic E-state index is 0.341. The van der Waals surface area contributed by atoms with Gasteiger partial charge in [0, 0.05) is 26.2 Å². The molecule has 2 aliphatic heterocycles. The molecule has 0 aromatic carbocycles. The highest BCUT2D eigenvalue weighted by atomic mass is 16.5. The molecule has 2 heterocycles. The summed E-state index contributed by atoms with van der Waals surface area (Å²) in [5, 5.41) is 9.66. The third kappa shape index (κ3) is 3.92. The summed E-state index contributed by atoms with van der Waals surface area (Å²) in [7, 11) is 0. The second-order valence-electron chi connectivity index (χ2n) is 5.63. The van der Waals surface area contributed by atoms with Crippen LogP contribution in [0, 0.1) is 11.8 Å². The highest BCUT2D eigenvalue weighted by molar-refractivity contribution is 4.80. The van der Waals surface area contributed by atoms with E-state index in [0.717, 1.165) is 32.8 Å². The van der Waals surface area contributed by atoms with E-state index in [-0.39, 0.29) is 0 Å². The Morgan fingerprint density at radius 1 is 1.11 bits per heavy atom. The fraction of sp³-hybridized carbons (Fsp3) is 1.00. The Morgan fingerprint density at radius 3 is 2.33 bits per heavy atom. The Hall–Kier alpha value is -0.160. The van der Waals surface area contributed by atoms with Crippen molar-refractivity contribution in [3.63, 3.8) is 0 Å². The molecule has 2 fully saturated rings. The van der Waals surface area contributed by atoms with Crippen molar-refractivity contribution in [2.45, 2.75) is 19.8 Å². The van der Waals surface area contributed by atoms with Crippen molar-refractivity contribution >= 4 is 0 Å². The van der Waals surface area contributed by atoms with E-state index in [1.165, 1.54) is 32.5 Å². The van der Waals surface area contributed by atoms with Gasteiger partial charge in [0.25, 0.3) is 0 Å². The van der Waals surface area contributed by atoms with Crippen LogP contribution in [0.15, 0.2) is 0 Å². The topological polar surface area (TPSA) is 35.9 Å². The third-order valence-electron chi connectivity index (χ3n) is 4.58. The second-order valence-corrected chi connectivity index (χ2v) is 5.63. The lowest BCUT2D eigenvalue weighted by atomic mass is 9.84. The molecule has 2 aliphatic rings. The van der Waals surface area contributed by atoms with Crippen LogP contribution in [0.3, 0.4) is 0 Å². The van der Waals surface area contributed by atoms with Crippen LogP contribution in [-0.4, -0.2) is 74.0 Å². The zero-order valence-corrected chi connectivity index (χ0v) is 11.7. The maximum Gasteiger partial charge on any atom is 0.0594 e. The number of ether oxygens (including phenoxy) is 1. The molecule has 1 unspecified atom stereocenters.